The first-order chi connectivity index (χ1) is 7.86. The molecule has 1 atom stereocenters. The van der Waals surface area contributed by atoms with Crippen molar-refractivity contribution in [3.63, 3.8) is 0 Å². The molecule has 0 bridgehead atoms. The molecule has 2 heteroatoms. The molecule has 0 fully saturated rings. The van der Waals surface area contributed by atoms with Crippen molar-refractivity contribution >= 4 is 0 Å². The minimum absolute atomic E-state index is 0.701. The van der Waals surface area contributed by atoms with Crippen LogP contribution in [0.25, 0.3) is 0 Å². The summed E-state index contributed by atoms with van der Waals surface area (Å²) in [5, 5.41) is 3.55. The summed E-state index contributed by atoms with van der Waals surface area (Å²) in [6.45, 7) is 5.52. The van der Waals surface area contributed by atoms with Gasteiger partial charge < -0.3 is 5.32 Å². The zero-order chi connectivity index (χ0) is 11.6. The minimum Gasteiger partial charge on any atom is -0.314 e. The molecule has 16 heavy (non-hydrogen) atoms. The number of hydrogen-bond acceptors (Lipinski definition) is 2. The van der Waals surface area contributed by atoms with Gasteiger partial charge in [-0.2, -0.15) is 0 Å². The van der Waals surface area contributed by atoms with Gasteiger partial charge in [0.1, 0.15) is 0 Å². The summed E-state index contributed by atoms with van der Waals surface area (Å²) in [5.74, 6) is 0. The van der Waals surface area contributed by atoms with Crippen molar-refractivity contribution in [1.29, 1.82) is 0 Å². The van der Waals surface area contributed by atoms with E-state index >= 15 is 0 Å². The van der Waals surface area contributed by atoms with E-state index in [1.807, 2.05) is 18.5 Å². The van der Waals surface area contributed by atoms with Crippen LogP contribution in [-0.2, 0) is 6.42 Å². The van der Waals surface area contributed by atoms with E-state index in [0.717, 1.165) is 13.0 Å². The molecular weight excluding hydrogens is 196 g/mol. The monoisotopic (exact) mass is 220 g/mol. The summed E-state index contributed by atoms with van der Waals surface area (Å²) in [4.78, 5) is 4.14. The van der Waals surface area contributed by atoms with Gasteiger partial charge >= 0.3 is 0 Å². The molecule has 90 valence electrons. The Morgan fingerprint density at radius 2 is 2.19 bits per heavy atom. The van der Waals surface area contributed by atoms with Crippen LogP contribution in [0, 0.1) is 0 Å². The highest BCUT2D eigenvalue weighted by Gasteiger charge is 2.05. The van der Waals surface area contributed by atoms with Gasteiger partial charge in [0.15, 0.2) is 0 Å². The molecule has 0 saturated carbocycles. The quantitative estimate of drug-likeness (QED) is 0.728. The molecule has 1 aromatic rings. The van der Waals surface area contributed by atoms with E-state index in [1.54, 1.807) is 0 Å². The fraction of sp³-hybridized carbons (Fsp3) is 0.643. The van der Waals surface area contributed by atoms with Crippen molar-refractivity contribution in [3.8, 4) is 0 Å². The smallest absolute Gasteiger partial charge is 0.0299 e. The Morgan fingerprint density at radius 3 is 2.81 bits per heavy atom. The van der Waals surface area contributed by atoms with E-state index in [1.165, 1.54) is 31.2 Å². The van der Waals surface area contributed by atoms with E-state index in [0.29, 0.717) is 6.04 Å². The summed E-state index contributed by atoms with van der Waals surface area (Å²) in [6.07, 6.45) is 10.1. The first-order valence-electron chi connectivity index (χ1n) is 6.49. The number of nitrogens with one attached hydrogen (secondary N) is 1. The molecular formula is C14H24N2. The Kier molecular flexibility index (Phi) is 6.82. The van der Waals surface area contributed by atoms with Gasteiger partial charge in [-0.05, 0) is 43.9 Å². The minimum atomic E-state index is 0.701. The lowest BCUT2D eigenvalue weighted by atomic mass is 10.0. The second-order valence-corrected chi connectivity index (χ2v) is 4.30. The molecule has 0 aliphatic carbocycles. The first-order valence-corrected chi connectivity index (χ1v) is 6.49. The first kappa shape index (κ1) is 13.2. The lowest BCUT2D eigenvalue weighted by Crippen LogP contribution is -2.28. The number of hydrogen-bond donors (Lipinski definition) is 1. The molecule has 0 spiro atoms. The van der Waals surface area contributed by atoms with Crippen LogP contribution in [-0.4, -0.2) is 17.6 Å². The Bertz CT molecular complexity index is 253. The lowest BCUT2D eigenvalue weighted by molar-refractivity contribution is 0.447. The maximum Gasteiger partial charge on any atom is 0.0299 e. The molecule has 0 saturated heterocycles. The number of rotatable bonds is 8. The predicted octanol–water partition coefficient (Wildman–Crippen LogP) is 3.18. The number of aromatic nitrogens is 1. The number of nitrogens with zero attached hydrogens (tertiary/aromatic N) is 1. The fourth-order valence-corrected chi connectivity index (χ4v) is 2.08. The van der Waals surface area contributed by atoms with Gasteiger partial charge in [-0.15, -0.1) is 0 Å². The standard InChI is InChI=1S/C14H24N2/c1-3-7-14(16-4-2)10-5-8-13-9-6-11-15-12-13/h6,9,11-12,14,16H,3-5,7-8,10H2,1-2H3. The van der Waals surface area contributed by atoms with E-state index in [4.69, 9.17) is 0 Å². The highest BCUT2D eigenvalue weighted by molar-refractivity contribution is 5.08. The summed E-state index contributed by atoms with van der Waals surface area (Å²) in [6, 6.07) is 4.88. The van der Waals surface area contributed by atoms with Gasteiger partial charge in [-0.3, -0.25) is 4.98 Å². The molecule has 0 aromatic carbocycles. The Labute approximate surface area is 99.5 Å². The topological polar surface area (TPSA) is 24.9 Å². The molecule has 0 aliphatic rings. The summed E-state index contributed by atoms with van der Waals surface area (Å²) in [5.41, 5.74) is 1.36. The van der Waals surface area contributed by atoms with Crippen LogP contribution in [0.2, 0.25) is 0 Å². The molecule has 1 N–H and O–H groups in total. The molecule has 1 rings (SSSR count). The van der Waals surface area contributed by atoms with Crippen molar-refractivity contribution in [1.82, 2.24) is 10.3 Å². The van der Waals surface area contributed by atoms with E-state index in [9.17, 15) is 0 Å². The van der Waals surface area contributed by atoms with Crippen molar-refractivity contribution in [3.05, 3.63) is 30.1 Å². The summed E-state index contributed by atoms with van der Waals surface area (Å²) >= 11 is 0. The molecule has 1 aromatic heterocycles. The third-order valence-corrected chi connectivity index (χ3v) is 2.87. The van der Waals surface area contributed by atoms with Gasteiger partial charge in [0.2, 0.25) is 0 Å². The molecule has 1 unspecified atom stereocenters. The highest BCUT2D eigenvalue weighted by atomic mass is 14.9. The third kappa shape index (κ3) is 5.26. The van der Waals surface area contributed by atoms with Crippen molar-refractivity contribution in [2.75, 3.05) is 6.54 Å². The lowest BCUT2D eigenvalue weighted by Gasteiger charge is -2.16. The average molecular weight is 220 g/mol. The number of pyridine rings is 1. The Morgan fingerprint density at radius 1 is 1.31 bits per heavy atom. The van der Waals surface area contributed by atoms with Crippen LogP contribution < -0.4 is 5.32 Å². The van der Waals surface area contributed by atoms with Crippen molar-refractivity contribution in [2.24, 2.45) is 0 Å². The number of aryl methyl sites for hydroxylation is 1. The van der Waals surface area contributed by atoms with Gasteiger partial charge in [0.05, 0.1) is 0 Å². The maximum atomic E-state index is 4.14. The SMILES string of the molecule is CCCC(CCCc1cccnc1)NCC. The van der Waals surface area contributed by atoms with Gasteiger partial charge in [0.25, 0.3) is 0 Å². The molecule has 0 aliphatic heterocycles. The van der Waals surface area contributed by atoms with Crippen molar-refractivity contribution < 1.29 is 0 Å². The molecule has 0 radical (unpaired) electrons. The zero-order valence-corrected chi connectivity index (χ0v) is 10.6. The van der Waals surface area contributed by atoms with Gasteiger partial charge in [0, 0.05) is 18.4 Å². The Hall–Kier alpha value is -0.890. The van der Waals surface area contributed by atoms with Gasteiger partial charge in [-0.25, -0.2) is 0 Å². The predicted molar refractivity (Wildman–Crippen MR) is 69.5 cm³/mol. The second kappa shape index (κ2) is 8.28. The van der Waals surface area contributed by atoms with Gasteiger partial charge in [-0.1, -0.05) is 26.3 Å². The van der Waals surface area contributed by atoms with Crippen LogP contribution in [0.1, 0.15) is 45.1 Å². The molecule has 0 amide bonds. The van der Waals surface area contributed by atoms with Crippen LogP contribution in [0.4, 0.5) is 0 Å². The molecule has 2 nitrogen and oxygen atoms in total. The van der Waals surface area contributed by atoms with E-state index < -0.39 is 0 Å². The third-order valence-electron chi connectivity index (χ3n) is 2.87. The largest absolute Gasteiger partial charge is 0.314 e. The Balaban J connectivity index is 2.22. The fourth-order valence-electron chi connectivity index (χ4n) is 2.08. The summed E-state index contributed by atoms with van der Waals surface area (Å²) < 4.78 is 0. The summed E-state index contributed by atoms with van der Waals surface area (Å²) in [7, 11) is 0. The van der Waals surface area contributed by atoms with Crippen molar-refractivity contribution in [2.45, 2.75) is 52.0 Å². The van der Waals surface area contributed by atoms with Crippen LogP contribution in [0.5, 0.6) is 0 Å². The second-order valence-electron chi connectivity index (χ2n) is 4.30. The maximum absolute atomic E-state index is 4.14. The zero-order valence-electron chi connectivity index (χ0n) is 10.6. The van der Waals surface area contributed by atoms with E-state index in [-0.39, 0.29) is 0 Å². The highest BCUT2D eigenvalue weighted by Crippen LogP contribution is 2.08. The van der Waals surface area contributed by atoms with Crippen LogP contribution in [0.3, 0.4) is 0 Å². The van der Waals surface area contributed by atoms with Crippen LogP contribution >= 0.6 is 0 Å². The average Bonchev–Trinajstić information content (AvgIpc) is 2.31. The van der Waals surface area contributed by atoms with Crippen LogP contribution in [0.15, 0.2) is 24.5 Å². The normalized spacial score (nSPS) is 12.6. The molecule has 1 heterocycles. The van der Waals surface area contributed by atoms with E-state index in [2.05, 4.69) is 30.2 Å².